The predicted octanol–water partition coefficient (Wildman–Crippen LogP) is 5.20. The Morgan fingerprint density at radius 3 is 2.44 bits per heavy atom. The molecular formula is C18H18Cl2N2O2S. The van der Waals surface area contributed by atoms with Gasteiger partial charge in [0.2, 0.25) is 0 Å². The Morgan fingerprint density at radius 2 is 1.76 bits per heavy atom. The molecule has 25 heavy (non-hydrogen) atoms. The van der Waals surface area contributed by atoms with E-state index in [4.69, 9.17) is 27.9 Å². The molecule has 0 aliphatic carbocycles. The summed E-state index contributed by atoms with van der Waals surface area (Å²) in [5.74, 6) is 1.42. The summed E-state index contributed by atoms with van der Waals surface area (Å²) in [5.41, 5.74) is 1.66. The highest BCUT2D eigenvalue weighted by Crippen LogP contribution is 2.49. The van der Waals surface area contributed by atoms with Crippen LogP contribution in [0.4, 0.5) is 16.2 Å². The number of nitrogens with zero attached hydrogens (tertiary/aromatic N) is 2. The van der Waals surface area contributed by atoms with Gasteiger partial charge in [0.1, 0.15) is 5.75 Å². The SMILES string of the molecule is COc1ccc2c(c1)N(C(=O)N(CCCl)CCCl)c1ccccc1S2. The number of methoxy groups -OCH3 is 1. The van der Waals surface area contributed by atoms with Crippen LogP contribution in [0.3, 0.4) is 0 Å². The molecule has 0 fully saturated rings. The second-order valence-electron chi connectivity index (χ2n) is 5.39. The number of anilines is 2. The van der Waals surface area contributed by atoms with Gasteiger partial charge in [0.25, 0.3) is 0 Å². The highest BCUT2D eigenvalue weighted by Gasteiger charge is 2.31. The third kappa shape index (κ3) is 3.68. The summed E-state index contributed by atoms with van der Waals surface area (Å²) in [7, 11) is 1.62. The number of carbonyl (C=O) groups is 1. The molecule has 0 bridgehead atoms. The van der Waals surface area contributed by atoms with Crippen molar-refractivity contribution in [2.75, 3.05) is 36.9 Å². The van der Waals surface area contributed by atoms with E-state index in [0.29, 0.717) is 30.6 Å². The van der Waals surface area contributed by atoms with E-state index in [-0.39, 0.29) is 6.03 Å². The van der Waals surface area contributed by atoms with Crippen molar-refractivity contribution in [3.63, 3.8) is 0 Å². The molecule has 0 saturated heterocycles. The van der Waals surface area contributed by atoms with E-state index in [0.717, 1.165) is 21.2 Å². The number of urea groups is 1. The smallest absolute Gasteiger partial charge is 0.329 e. The topological polar surface area (TPSA) is 32.8 Å². The standard InChI is InChI=1S/C18H18Cl2N2O2S/c1-24-13-6-7-17-15(12-13)22(14-4-2-3-5-16(14)25-17)18(23)21(10-8-19)11-9-20/h2-7,12H,8-11H2,1H3. The van der Waals surface area contributed by atoms with Crippen molar-refractivity contribution in [2.45, 2.75) is 9.79 Å². The summed E-state index contributed by atoms with van der Waals surface area (Å²) in [6.45, 7) is 0.885. The molecule has 1 aliphatic heterocycles. The third-order valence-corrected chi connectivity index (χ3v) is 5.37. The average Bonchev–Trinajstić information content (AvgIpc) is 2.65. The number of para-hydroxylation sites is 1. The van der Waals surface area contributed by atoms with Gasteiger partial charge in [0, 0.05) is 40.7 Å². The highest BCUT2D eigenvalue weighted by atomic mass is 35.5. The van der Waals surface area contributed by atoms with E-state index < -0.39 is 0 Å². The fourth-order valence-electron chi connectivity index (χ4n) is 2.72. The van der Waals surface area contributed by atoms with Crippen LogP contribution in [0.5, 0.6) is 5.75 Å². The van der Waals surface area contributed by atoms with Crippen LogP contribution in [0.2, 0.25) is 0 Å². The summed E-state index contributed by atoms with van der Waals surface area (Å²) < 4.78 is 5.35. The first-order valence-electron chi connectivity index (χ1n) is 7.85. The Labute approximate surface area is 161 Å². The molecule has 4 nitrogen and oxygen atoms in total. The lowest BCUT2D eigenvalue weighted by Crippen LogP contribution is -2.43. The minimum absolute atomic E-state index is 0.136. The van der Waals surface area contributed by atoms with Gasteiger partial charge in [0.05, 0.1) is 18.5 Å². The molecule has 0 radical (unpaired) electrons. The number of amides is 2. The van der Waals surface area contributed by atoms with E-state index in [9.17, 15) is 4.79 Å². The van der Waals surface area contributed by atoms with Gasteiger partial charge in [-0.3, -0.25) is 4.90 Å². The summed E-state index contributed by atoms with van der Waals surface area (Å²) in [5, 5.41) is 0. The molecule has 0 aromatic heterocycles. The lowest BCUT2D eigenvalue weighted by atomic mass is 10.2. The maximum atomic E-state index is 13.3. The number of ether oxygens (including phenoxy) is 1. The Morgan fingerprint density at radius 1 is 1.08 bits per heavy atom. The number of halogens is 2. The van der Waals surface area contributed by atoms with Crippen LogP contribution >= 0.6 is 35.0 Å². The Hall–Kier alpha value is -1.56. The third-order valence-electron chi connectivity index (χ3n) is 3.90. The molecule has 0 N–H and O–H groups in total. The van der Waals surface area contributed by atoms with Crippen molar-refractivity contribution in [3.05, 3.63) is 42.5 Å². The second kappa shape index (κ2) is 8.21. The largest absolute Gasteiger partial charge is 0.497 e. The van der Waals surface area contributed by atoms with Gasteiger partial charge >= 0.3 is 6.03 Å². The van der Waals surface area contributed by atoms with Gasteiger partial charge in [-0.2, -0.15) is 0 Å². The monoisotopic (exact) mass is 396 g/mol. The van der Waals surface area contributed by atoms with Crippen molar-refractivity contribution in [1.82, 2.24) is 4.90 Å². The normalized spacial score (nSPS) is 12.4. The molecule has 1 heterocycles. The van der Waals surface area contributed by atoms with Gasteiger partial charge in [-0.15, -0.1) is 23.2 Å². The van der Waals surface area contributed by atoms with Crippen LogP contribution in [0.1, 0.15) is 0 Å². The zero-order valence-electron chi connectivity index (χ0n) is 13.7. The lowest BCUT2D eigenvalue weighted by Gasteiger charge is -2.35. The molecule has 0 atom stereocenters. The number of hydrogen-bond donors (Lipinski definition) is 0. The van der Waals surface area contributed by atoms with Crippen molar-refractivity contribution in [1.29, 1.82) is 0 Å². The van der Waals surface area contributed by atoms with E-state index in [1.807, 2.05) is 42.5 Å². The number of benzene rings is 2. The second-order valence-corrected chi connectivity index (χ2v) is 7.23. The number of fused-ring (bicyclic) bond motifs is 2. The van der Waals surface area contributed by atoms with E-state index in [1.54, 1.807) is 28.7 Å². The summed E-state index contributed by atoms with van der Waals surface area (Å²) in [6.07, 6.45) is 0. The van der Waals surface area contributed by atoms with Gasteiger partial charge in [-0.25, -0.2) is 4.79 Å². The molecular weight excluding hydrogens is 379 g/mol. The maximum Gasteiger partial charge on any atom is 0.329 e. The van der Waals surface area contributed by atoms with Gasteiger partial charge in [-0.05, 0) is 24.3 Å². The molecule has 0 saturated carbocycles. The summed E-state index contributed by atoms with van der Waals surface area (Å²) in [4.78, 5) is 18.7. The van der Waals surface area contributed by atoms with Crippen molar-refractivity contribution in [3.8, 4) is 5.75 Å². The van der Waals surface area contributed by atoms with Crippen molar-refractivity contribution >= 4 is 52.4 Å². The van der Waals surface area contributed by atoms with Crippen LogP contribution in [0.15, 0.2) is 52.3 Å². The first kappa shape index (κ1) is 18.2. The lowest BCUT2D eigenvalue weighted by molar-refractivity contribution is 0.213. The van der Waals surface area contributed by atoms with Crippen LogP contribution in [0, 0.1) is 0 Å². The molecule has 2 amide bonds. The predicted molar refractivity (Wildman–Crippen MR) is 104 cm³/mol. The number of hydrogen-bond acceptors (Lipinski definition) is 3. The Balaban J connectivity index is 2.09. The molecule has 2 aromatic rings. The average molecular weight is 397 g/mol. The van der Waals surface area contributed by atoms with Crippen molar-refractivity contribution < 1.29 is 9.53 Å². The fourth-order valence-corrected chi connectivity index (χ4v) is 4.16. The van der Waals surface area contributed by atoms with Crippen molar-refractivity contribution in [2.24, 2.45) is 0 Å². The van der Waals surface area contributed by atoms with Gasteiger partial charge in [0.15, 0.2) is 0 Å². The summed E-state index contributed by atoms with van der Waals surface area (Å²) in [6, 6.07) is 13.5. The van der Waals surface area contributed by atoms with Crippen LogP contribution in [-0.2, 0) is 0 Å². The van der Waals surface area contributed by atoms with E-state index in [1.165, 1.54) is 0 Å². The first-order valence-corrected chi connectivity index (χ1v) is 9.74. The molecule has 1 aliphatic rings. The van der Waals surface area contributed by atoms with Gasteiger partial charge < -0.3 is 9.64 Å². The molecule has 2 aromatic carbocycles. The number of carbonyl (C=O) groups excluding carboxylic acids is 1. The molecule has 3 rings (SSSR count). The van der Waals surface area contributed by atoms with Crippen LogP contribution in [0.25, 0.3) is 0 Å². The minimum Gasteiger partial charge on any atom is -0.497 e. The quantitative estimate of drug-likeness (QED) is 0.651. The summed E-state index contributed by atoms with van der Waals surface area (Å²) >= 11 is 13.4. The van der Waals surface area contributed by atoms with Crippen LogP contribution < -0.4 is 9.64 Å². The Bertz CT molecular complexity index is 766. The van der Waals surface area contributed by atoms with E-state index in [2.05, 4.69) is 0 Å². The number of alkyl halides is 2. The van der Waals surface area contributed by atoms with Crippen LogP contribution in [-0.4, -0.2) is 42.9 Å². The molecule has 132 valence electrons. The zero-order chi connectivity index (χ0) is 17.8. The Kier molecular flexibility index (Phi) is 5.99. The first-order chi connectivity index (χ1) is 12.2. The molecule has 0 unspecified atom stereocenters. The minimum atomic E-state index is -0.136. The van der Waals surface area contributed by atoms with Gasteiger partial charge in [-0.1, -0.05) is 23.9 Å². The zero-order valence-corrected chi connectivity index (χ0v) is 16.1. The highest BCUT2D eigenvalue weighted by molar-refractivity contribution is 7.99. The van der Waals surface area contributed by atoms with E-state index >= 15 is 0 Å². The molecule has 7 heteroatoms. The maximum absolute atomic E-state index is 13.3. The number of rotatable bonds is 5. The molecule has 0 spiro atoms. The fraction of sp³-hybridized carbons (Fsp3) is 0.278.